The number of nitrogens with zero attached hydrogens (tertiary/aromatic N) is 2. The Morgan fingerprint density at radius 2 is 1.79 bits per heavy atom. The van der Waals surface area contributed by atoms with Crippen molar-refractivity contribution in [2.24, 2.45) is 5.92 Å². The van der Waals surface area contributed by atoms with Crippen LogP contribution in [0.5, 0.6) is 0 Å². The zero-order chi connectivity index (χ0) is 20.1. The van der Waals surface area contributed by atoms with Crippen molar-refractivity contribution >= 4 is 23.4 Å². The highest BCUT2D eigenvalue weighted by Gasteiger charge is 2.35. The van der Waals surface area contributed by atoms with Crippen molar-refractivity contribution in [3.05, 3.63) is 71.9 Å². The highest BCUT2D eigenvalue weighted by molar-refractivity contribution is 7.99. The molecular weight excluding hydrogens is 383 g/mol. The number of anilines is 2. The molecule has 0 atom stereocenters. The number of nitrogens with one attached hydrogen (secondary N) is 1. The Bertz CT molecular complexity index is 928. The van der Waals surface area contributed by atoms with Gasteiger partial charge in [-0.25, -0.2) is 9.97 Å². The molecule has 3 nitrogen and oxygen atoms in total. The standard InChI is InChI=1S/C21H20F3N3S/c1-14(2)11-15-7-6-8-16(12-15)26-20-25-13-18(21(22,23)24)19(27-20)28-17-9-4-3-5-10-17/h3-10,12-14H,11H2,1-2H3,(H,25,26,27). The number of rotatable bonds is 6. The van der Waals surface area contributed by atoms with E-state index < -0.39 is 11.7 Å². The molecule has 146 valence electrons. The second kappa shape index (κ2) is 8.65. The molecule has 0 aliphatic carbocycles. The number of alkyl halides is 3. The van der Waals surface area contributed by atoms with Crippen LogP contribution in [0, 0.1) is 5.92 Å². The van der Waals surface area contributed by atoms with Crippen LogP contribution < -0.4 is 5.32 Å². The Hall–Kier alpha value is -2.54. The van der Waals surface area contributed by atoms with Crippen LogP contribution in [0.15, 0.2) is 70.7 Å². The molecule has 0 saturated carbocycles. The van der Waals surface area contributed by atoms with E-state index in [9.17, 15) is 13.2 Å². The molecule has 3 aromatic rings. The number of hydrogen-bond donors (Lipinski definition) is 1. The maximum atomic E-state index is 13.4. The van der Waals surface area contributed by atoms with Gasteiger partial charge in [0.1, 0.15) is 10.6 Å². The first kappa shape index (κ1) is 20.2. The molecule has 1 heterocycles. The molecule has 1 N–H and O–H groups in total. The normalized spacial score (nSPS) is 11.6. The van der Waals surface area contributed by atoms with E-state index in [1.54, 1.807) is 24.3 Å². The minimum atomic E-state index is -4.52. The molecule has 0 unspecified atom stereocenters. The van der Waals surface area contributed by atoms with E-state index in [4.69, 9.17) is 0 Å². The van der Waals surface area contributed by atoms with Crippen LogP contribution in [0.25, 0.3) is 0 Å². The van der Waals surface area contributed by atoms with Gasteiger partial charge in [0, 0.05) is 16.8 Å². The van der Waals surface area contributed by atoms with Crippen molar-refractivity contribution < 1.29 is 13.2 Å². The summed E-state index contributed by atoms with van der Waals surface area (Å²) in [5.41, 5.74) is 1.04. The van der Waals surface area contributed by atoms with E-state index in [1.165, 1.54) is 0 Å². The van der Waals surface area contributed by atoms with Crippen LogP contribution in [-0.2, 0) is 12.6 Å². The summed E-state index contributed by atoms with van der Waals surface area (Å²) in [4.78, 5) is 8.70. The van der Waals surface area contributed by atoms with Gasteiger partial charge in [-0.1, -0.05) is 55.9 Å². The molecule has 0 aliphatic heterocycles. The van der Waals surface area contributed by atoms with Crippen LogP contribution in [0.2, 0.25) is 0 Å². The molecule has 1 aromatic heterocycles. The third-order valence-corrected chi connectivity index (χ3v) is 4.86. The van der Waals surface area contributed by atoms with Crippen molar-refractivity contribution in [1.82, 2.24) is 9.97 Å². The number of halogens is 3. The second-order valence-corrected chi connectivity index (χ2v) is 7.81. The fourth-order valence-electron chi connectivity index (χ4n) is 2.68. The van der Waals surface area contributed by atoms with Gasteiger partial charge >= 0.3 is 6.18 Å². The fraction of sp³-hybridized carbons (Fsp3) is 0.238. The second-order valence-electron chi connectivity index (χ2n) is 6.75. The SMILES string of the molecule is CC(C)Cc1cccc(Nc2ncc(C(F)(F)F)c(Sc3ccccc3)n2)c1. The van der Waals surface area contributed by atoms with E-state index in [0.29, 0.717) is 10.8 Å². The Morgan fingerprint density at radius 1 is 1.04 bits per heavy atom. The third-order valence-electron chi connectivity index (χ3n) is 3.84. The van der Waals surface area contributed by atoms with Crippen LogP contribution in [0.1, 0.15) is 25.0 Å². The lowest BCUT2D eigenvalue weighted by Crippen LogP contribution is -2.10. The molecule has 0 saturated heterocycles. The van der Waals surface area contributed by atoms with Crippen molar-refractivity contribution in [3.63, 3.8) is 0 Å². The quantitative estimate of drug-likeness (QED) is 0.471. The summed E-state index contributed by atoms with van der Waals surface area (Å²) < 4.78 is 40.1. The van der Waals surface area contributed by atoms with Crippen molar-refractivity contribution in [1.29, 1.82) is 0 Å². The Kier molecular flexibility index (Phi) is 6.24. The Labute approximate surface area is 166 Å². The minimum Gasteiger partial charge on any atom is -0.324 e. The number of hydrogen-bond acceptors (Lipinski definition) is 4. The molecule has 0 amide bonds. The Morgan fingerprint density at radius 3 is 2.46 bits per heavy atom. The predicted octanol–water partition coefficient (Wildman–Crippen LogP) is 6.59. The van der Waals surface area contributed by atoms with Crippen molar-refractivity contribution in [3.8, 4) is 0 Å². The van der Waals surface area contributed by atoms with Gasteiger partial charge in [-0.15, -0.1) is 0 Å². The van der Waals surface area contributed by atoms with Crippen molar-refractivity contribution in [2.75, 3.05) is 5.32 Å². The van der Waals surface area contributed by atoms with Gasteiger partial charge in [-0.2, -0.15) is 13.2 Å². The molecule has 0 fully saturated rings. The monoisotopic (exact) mass is 403 g/mol. The highest BCUT2D eigenvalue weighted by Crippen LogP contribution is 2.38. The largest absolute Gasteiger partial charge is 0.420 e. The topological polar surface area (TPSA) is 37.8 Å². The first-order chi connectivity index (χ1) is 13.3. The van der Waals surface area contributed by atoms with Crippen LogP contribution >= 0.6 is 11.8 Å². The van der Waals surface area contributed by atoms with Gasteiger partial charge in [-0.3, -0.25) is 0 Å². The van der Waals surface area contributed by atoms with Crippen LogP contribution in [0.3, 0.4) is 0 Å². The zero-order valence-corrected chi connectivity index (χ0v) is 16.3. The number of aromatic nitrogens is 2. The smallest absolute Gasteiger partial charge is 0.324 e. The van der Waals surface area contributed by atoms with E-state index in [0.717, 1.165) is 35.6 Å². The molecule has 0 aliphatic rings. The zero-order valence-electron chi connectivity index (χ0n) is 15.5. The summed E-state index contributed by atoms with van der Waals surface area (Å²) >= 11 is 0.966. The first-order valence-electron chi connectivity index (χ1n) is 8.84. The van der Waals surface area contributed by atoms with Gasteiger partial charge in [-0.05, 0) is 42.2 Å². The lowest BCUT2D eigenvalue weighted by molar-refractivity contribution is -0.140. The average Bonchev–Trinajstić information content (AvgIpc) is 2.61. The number of benzene rings is 2. The molecule has 7 heteroatoms. The van der Waals surface area contributed by atoms with Crippen LogP contribution in [0.4, 0.5) is 24.8 Å². The summed E-state index contributed by atoms with van der Waals surface area (Å²) in [6.07, 6.45) is -2.77. The Balaban J connectivity index is 1.89. The summed E-state index contributed by atoms with van der Waals surface area (Å²) in [5.74, 6) is 0.638. The summed E-state index contributed by atoms with van der Waals surface area (Å²) in [7, 11) is 0. The van der Waals surface area contributed by atoms with E-state index in [-0.39, 0.29) is 11.0 Å². The summed E-state index contributed by atoms with van der Waals surface area (Å²) in [5, 5.41) is 2.89. The van der Waals surface area contributed by atoms with Crippen molar-refractivity contribution in [2.45, 2.75) is 36.4 Å². The molecule has 0 spiro atoms. The molecule has 0 bridgehead atoms. The average molecular weight is 403 g/mol. The maximum absolute atomic E-state index is 13.4. The maximum Gasteiger partial charge on any atom is 0.420 e. The highest BCUT2D eigenvalue weighted by atomic mass is 32.2. The fourth-order valence-corrected chi connectivity index (χ4v) is 3.60. The van der Waals surface area contributed by atoms with Gasteiger partial charge in [0.15, 0.2) is 0 Å². The van der Waals surface area contributed by atoms with E-state index in [1.807, 2.05) is 30.3 Å². The van der Waals surface area contributed by atoms with E-state index in [2.05, 4.69) is 29.1 Å². The first-order valence-corrected chi connectivity index (χ1v) is 9.66. The molecule has 28 heavy (non-hydrogen) atoms. The van der Waals surface area contributed by atoms with Crippen LogP contribution in [-0.4, -0.2) is 9.97 Å². The summed E-state index contributed by atoms with van der Waals surface area (Å²) in [6.45, 7) is 4.26. The molecule has 3 rings (SSSR count). The molecular formula is C21H20F3N3S. The van der Waals surface area contributed by atoms with Gasteiger partial charge in [0.2, 0.25) is 5.95 Å². The molecule has 2 aromatic carbocycles. The summed E-state index contributed by atoms with van der Waals surface area (Å²) in [6, 6.07) is 16.6. The van der Waals surface area contributed by atoms with Gasteiger partial charge in [0.25, 0.3) is 0 Å². The lowest BCUT2D eigenvalue weighted by atomic mass is 10.0. The van der Waals surface area contributed by atoms with Gasteiger partial charge in [0.05, 0.1) is 0 Å². The minimum absolute atomic E-state index is 0.130. The van der Waals surface area contributed by atoms with E-state index >= 15 is 0 Å². The van der Waals surface area contributed by atoms with Gasteiger partial charge < -0.3 is 5.32 Å². The molecule has 0 radical (unpaired) electrons. The lowest BCUT2D eigenvalue weighted by Gasteiger charge is -2.13. The predicted molar refractivity (Wildman–Crippen MR) is 106 cm³/mol. The third kappa shape index (κ3) is 5.48.